The second-order valence-electron chi connectivity index (χ2n) is 5.95. The van der Waals surface area contributed by atoms with Crippen molar-refractivity contribution in [3.63, 3.8) is 0 Å². The summed E-state index contributed by atoms with van der Waals surface area (Å²) in [6, 6.07) is 3.63. The molecular formula is C17H26O4. The molecule has 4 nitrogen and oxygen atoms in total. The summed E-state index contributed by atoms with van der Waals surface area (Å²) in [6.45, 7) is 7.94. The van der Waals surface area contributed by atoms with Gasteiger partial charge in [-0.25, -0.2) is 0 Å². The molecule has 1 heterocycles. The molecule has 0 aliphatic heterocycles. The van der Waals surface area contributed by atoms with E-state index in [1.165, 1.54) is 0 Å². The molecule has 0 fully saturated rings. The largest absolute Gasteiger partial charge is 0.492 e. The molecule has 0 spiro atoms. The quantitative estimate of drug-likeness (QED) is 0.832. The highest BCUT2D eigenvalue weighted by Crippen LogP contribution is 2.59. The lowest BCUT2D eigenvalue weighted by atomic mass is 9.61. The molecule has 0 bridgehead atoms. The molecule has 21 heavy (non-hydrogen) atoms. The first-order chi connectivity index (χ1) is 9.94. The van der Waals surface area contributed by atoms with Crippen LogP contribution in [0.4, 0.5) is 0 Å². The maximum atomic E-state index is 11.3. The summed E-state index contributed by atoms with van der Waals surface area (Å²) >= 11 is 0. The Labute approximate surface area is 126 Å². The number of hydrogen-bond donors (Lipinski definition) is 1. The van der Waals surface area contributed by atoms with Crippen molar-refractivity contribution in [2.24, 2.45) is 0 Å². The van der Waals surface area contributed by atoms with Crippen molar-refractivity contribution in [2.75, 3.05) is 7.11 Å². The van der Waals surface area contributed by atoms with Crippen LogP contribution >= 0.6 is 0 Å². The summed E-state index contributed by atoms with van der Waals surface area (Å²) in [6.07, 6.45) is 4.14. The van der Waals surface area contributed by atoms with Gasteiger partial charge in [-0.05, 0) is 39.3 Å². The normalized spacial score (nSPS) is 28.9. The van der Waals surface area contributed by atoms with Crippen molar-refractivity contribution < 1.29 is 19.0 Å². The van der Waals surface area contributed by atoms with Gasteiger partial charge in [-0.1, -0.05) is 19.8 Å². The highest BCUT2D eigenvalue weighted by molar-refractivity contribution is 5.49. The average molecular weight is 294 g/mol. The molecule has 0 saturated heterocycles. The van der Waals surface area contributed by atoms with Gasteiger partial charge in [-0.3, -0.25) is 0 Å². The lowest BCUT2D eigenvalue weighted by Crippen LogP contribution is -2.63. The molecule has 2 unspecified atom stereocenters. The van der Waals surface area contributed by atoms with Crippen molar-refractivity contribution in [1.82, 2.24) is 0 Å². The van der Waals surface area contributed by atoms with Gasteiger partial charge in [0, 0.05) is 12.7 Å². The summed E-state index contributed by atoms with van der Waals surface area (Å²) in [7, 11) is 1.59. The van der Waals surface area contributed by atoms with Crippen LogP contribution in [0.1, 0.15) is 52.7 Å². The smallest absolute Gasteiger partial charge is 0.215 e. The molecule has 1 aliphatic carbocycles. The van der Waals surface area contributed by atoms with Crippen molar-refractivity contribution in [3.05, 3.63) is 35.5 Å². The zero-order chi connectivity index (χ0) is 15.7. The Morgan fingerprint density at radius 2 is 2.10 bits per heavy atom. The van der Waals surface area contributed by atoms with E-state index in [-0.39, 0.29) is 6.10 Å². The molecule has 2 rings (SSSR count). The molecule has 1 aliphatic rings. The molecule has 0 aromatic carbocycles. The van der Waals surface area contributed by atoms with Crippen LogP contribution in [0, 0.1) is 0 Å². The zero-order valence-electron chi connectivity index (χ0n) is 13.6. The first-order valence-electron chi connectivity index (χ1n) is 7.64. The molecule has 2 atom stereocenters. The van der Waals surface area contributed by atoms with Crippen LogP contribution in [0.15, 0.2) is 34.1 Å². The Hall–Kier alpha value is -1.26. The van der Waals surface area contributed by atoms with E-state index < -0.39 is 11.2 Å². The summed E-state index contributed by atoms with van der Waals surface area (Å²) in [4.78, 5) is 0. The van der Waals surface area contributed by atoms with Gasteiger partial charge in [0.2, 0.25) is 5.60 Å². The number of furan rings is 1. The van der Waals surface area contributed by atoms with Gasteiger partial charge in [0.15, 0.2) is 0 Å². The number of unbranched alkanes of at least 4 members (excludes halogenated alkanes) is 1. The van der Waals surface area contributed by atoms with Crippen LogP contribution in [0.5, 0.6) is 0 Å². The van der Waals surface area contributed by atoms with E-state index in [4.69, 9.17) is 13.9 Å². The van der Waals surface area contributed by atoms with Gasteiger partial charge < -0.3 is 19.0 Å². The van der Waals surface area contributed by atoms with E-state index in [9.17, 15) is 5.11 Å². The van der Waals surface area contributed by atoms with Crippen molar-refractivity contribution >= 4 is 0 Å². The monoisotopic (exact) mass is 294 g/mol. The molecule has 0 amide bonds. The summed E-state index contributed by atoms with van der Waals surface area (Å²) in [5, 5.41) is 11.3. The average Bonchev–Trinajstić information content (AvgIpc) is 2.98. The Morgan fingerprint density at radius 1 is 1.38 bits per heavy atom. The van der Waals surface area contributed by atoms with Gasteiger partial charge in [0.1, 0.15) is 17.1 Å². The SMILES string of the molecule is CCCCC1(O)C(C)=C(OC(C)C)C1(OC)c1ccco1. The summed E-state index contributed by atoms with van der Waals surface area (Å²) < 4.78 is 17.3. The molecule has 0 radical (unpaired) electrons. The predicted octanol–water partition coefficient (Wildman–Crippen LogP) is 3.76. The minimum absolute atomic E-state index is 0.00941. The van der Waals surface area contributed by atoms with E-state index in [0.29, 0.717) is 17.9 Å². The van der Waals surface area contributed by atoms with Crippen LogP contribution in [-0.2, 0) is 15.1 Å². The minimum Gasteiger partial charge on any atom is -0.492 e. The number of rotatable bonds is 7. The van der Waals surface area contributed by atoms with E-state index in [1.807, 2.05) is 26.8 Å². The maximum Gasteiger partial charge on any atom is 0.215 e. The number of aliphatic hydroxyl groups is 1. The second kappa shape index (κ2) is 5.85. The highest BCUT2D eigenvalue weighted by atomic mass is 16.6. The Kier molecular flexibility index (Phi) is 4.49. The highest BCUT2D eigenvalue weighted by Gasteiger charge is 2.68. The number of ether oxygens (including phenoxy) is 2. The van der Waals surface area contributed by atoms with Crippen LogP contribution in [0.2, 0.25) is 0 Å². The fraction of sp³-hybridized carbons (Fsp3) is 0.647. The Bertz CT molecular complexity index is 503. The minimum atomic E-state index is -1.08. The third-order valence-electron chi connectivity index (χ3n) is 4.28. The standard InChI is InChI=1S/C17H26O4/c1-6-7-10-16(18)13(4)15(21-12(2)3)17(16,19-5)14-9-8-11-20-14/h8-9,11-12,18H,6-7,10H2,1-5H3. The van der Waals surface area contributed by atoms with Gasteiger partial charge in [-0.2, -0.15) is 0 Å². The van der Waals surface area contributed by atoms with Crippen LogP contribution in [0.3, 0.4) is 0 Å². The van der Waals surface area contributed by atoms with E-state index >= 15 is 0 Å². The van der Waals surface area contributed by atoms with Crippen molar-refractivity contribution in [2.45, 2.75) is 64.3 Å². The Morgan fingerprint density at radius 3 is 2.57 bits per heavy atom. The molecule has 1 aromatic rings. The number of methoxy groups -OCH3 is 1. The van der Waals surface area contributed by atoms with Crippen LogP contribution in [0.25, 0.3) is 0 Å². The third kappa shape index (κ3) is 2.21. The lowest BCUT2D eigenvalue weighted by Gasteiger charge is -2.55. The molecular weight excluding hydrogens is 268 g/mol. The van der Waals surface area contributed by atoms with Crippen molar-refractivity contribution in [3.8, 4) is 0 Å². The van der Waals surface area contributed by atoms with Crippen LogP contribution in [-0.4, -0.2) is 23.9 Å². The van der Waals surface area contributed by atoms with Crippen LogP contribution < -0.4 is 0 Å². The van der Waals surface area contributed by atoms with Gasteiger partial charge >= 0.3 is 0 Å². The molecule has 118 valence electrons. The van der Waals surface area contributed by atoms with E-state index in [2.05, 4.69) is 6.92 Å². The van der Waals surface area contributed by atoms with E-state index in [1.54, 1.807) is 19.4 Å². The molecule has 4 heteroatoms. The first kappa shape index (κ1) is 16.1. The van der Waals surface area contributed by atoms with Gasteiger partial charge in [-0.15, -0.1) is 0 Å². The first-order valence-corrected chi connectivity index (χ1v) is 7.64. The molecule has 0 saturated carbocycles. The molecule has 1 aromatic heterocycles. The lowest BCUT2D eigenvalue weighted by molar-refractivity contribution is -0.207. The summed E-state index contributed by atoms with van der Waals surface area (Å²) in [5.41, 5.74) is -1.29. The van der Waals surface area contributed by atoms with Crippen molar-refractivity contribution in [1.29, 1.82) is 0 Å². The Balaban J connectivity index is 2.51. The topological polar surface area (TPSA) is 51.8 Å². The fourth-order valence-electron chi connectivity index (χ4n) is 3.20. The zero-order valence-corrected chi connectivity index (χ0v) is 13.6. The second-order valence-corrected chi connectivity index (χ2v) is 5.95. The van der Waals surface area contributed by atoms with Gasteiger partial charge in [0.05, 0.1) is 12.4 Å². The third-order valence-corrected chi connectivity index (χ3v) is 4.28. The maximum absolute atomic E-state index is 11.3. The fourth-order valence-corrected chi connectivity index (χ4v) is 3.20. The summed E-state index contributed by atoms with van der Waals surface area (Å²) in [5.74, 6) is 1.26. The van der Waals surface area contributed by atoms with E-state index in [0.717, 1.165) is 18.4 Å². The predicted molar refractivity (Wildman–Crippen MR) is 80.8 cm³/mol. The van der Waals surface area contributed by atoms with Gasteiger partial charge in [0.25, 0.3) is 0 Å². The number of hydrogen-bond acceptors (Lipinski definition) is 4. The molecule has 1 N–H and O–H groups in total.